The Morgan fingerprint density at radius 3 is 2.18 bits per heavy atom. The highest BCUT2D eigenvalue weighted by molar-refractivity contribution is 5.83. The van der Waals surface area contributed by atoms with Gasteiger partial charge in [-0.25, -0.2) is 0 Å². The molecule has 148 valence electrons. The minimum absolute atomic E-state index is 0.147. The molecule has 3 heteroatoms. The molecular formula is C25H32N2O. The van der Waals surface area contributed by atoms with Crippen LogP contribution in [0.5, 0.6) is 0 Å². The van der Waals surface area contributed by atoms with Gasteiger partial charge in [-0.15, -0.1) is 0 Å². The standard InChI is InChI=1S/C25H32N2O/c1-17(2)14-27(15-18(3)4)16-22-24(20-9-7-6-8-10-20)26-23-12-11-19(5)13-21(23)25(22)28/h6-13,17-18H,14-16H2,1-5H3,(H,26,28). The summed E-state index contributed by atoms with van der Waals surface area (Å²) in [5.74, 6) is 1.11. The zero-order valence-electron chi connectivity index (χ0n) is 17.8. The maximum absolute atomic E-state index is 13.5. The Morgan fingerprint density at radius 2 is 1.57 bits per heavy atom. The highest BCUT2D eigenvalue weighted by Gasteiger charge is 2.18. The van der Waals surface area contributed by atoms with E-state index in [1.807, 2.05) is 37.3 Å². The summed E-state index contributed by atoms with van der Waals surface area (Å²) in [6.45, 7) is 13.6. The van der Waals surface area contributed by atoms with Gasteiger partial charge in [0.1, 0.15) is 0 Å². The van der Waals surface area contributed by atoms with E-state index in [4.69, 9.17) is 0 Å². The molecule has 0 fully saturated rings. The molecule has 0 saturated carbocycles. The quantitative estimate of drug-likeness (QED) is 0.581. The lowest BCUT2D eigenvalue weighted by Gasteiger charge is -2.27. The Balaban J connectivity index is 2.17. The molecule has 3 rings (SSSR count). The van der Waals surface area contributed by atoms with Gasteiger partial charge in [-0.05, 0) is 36.5 Å². The van der Waals surface area contributed by atoms with Gasteiger partial charge in [0.25, 0.3) is 0 Å². The molecule has 1 aromatic heterocycles. The molecule has 3 nitrogen and oxygen atoms in total. The minimum atomic E-state index is 0.147. The summed E-state index contributed by atoms with van der Waals surface area (Å²) in [5.41, 5.74) is 5.03. The summed E-state index contributed by atoms with van der Waals surface area (Å²) in [7, 11) is 0. The molecule has 1 N–H and O–H groups in total. The van der Waals surface area contributed by atoms with E-state index in [0.29, 0.717) is 18.4 Å². The molecule has 0 amide bonds. The van der Waals surface area contributed by atoms with Crippen molar-refractivity contribution in [3.05, 3.63) is 69.9 Å². The zero-order valence-corrected chi connectivity index (χ0v) is 17.8. The van der Waals surface area contributed by atoms with Crippen LogP contribution in [0.3, 0.4) is 0 Å². The van der Waals surface area contributed by atoms with Gasteiger partial charge in [0, 0.05) is 36.1 Å². The molecule has 0 aliphatic rings. The first-order valence-corrected chi connectivity index (χ1v) is 10.3. The van der Waals surface area contributed by atoms with Crippen LogP contribution in [-0.4, -0.2) is 23.0 Å². The number of benzene rings is 2. The summed E-state index contributed by atoms with van der Waals surface area (Å²) in [4.78, 5) is 19.5. The number of fused-ring (bicyclic) bond motifs is 1. The highest BCUT2D eigenvalue weighted by atomic mass is 16.1. The summed E-state index contributed by atoms with van der Waals surface area (Å²) < 4.78 is 0. The third-order valence-electron chi connectivity index (χ3n) is 4.95. The van der Waals surface area contributed by atoms with Crippen LogP contribution in [0.1, 0.15) is 38.8 Å². The van der Waals surface area contributed by atoms with E-state index in [9.17, 15) is 4.79 Å². The van der Waals surface area contributed by atoms with Crippen molar-refractivity contribution in [3.63, 3.8) is 0 Å². The van der Waals surface area contributed by atoms with Gasteiger partial charge in [-0.1, -0.05) is 69.7 Å². The minimum Gasteiger partial charge on any atom is -0.354 e. The van der Waals surface area contributed by atoms with Gasteiger partial charge in [0.15, 0.2) is 5.43 Å². The summed E-state index contributed by atoms with van der Waals surface area (Å²) in [6, 6.07) is 16.3. The number of nitrogens with one attached hydrogen (secondary N) is 1. The number of H-pyrrole nitrogens is 1. The fourth-order valence-electron chi connectivity index (χ4n) is 3.90. The van der Waals surface area contributed by atoms with Gasteiger partial charge in [0.05, 0.1) is 5.69 Å². The van der Waals surface area contributed by atoms with Gasteiger partial charge in [-0.3, -0.25) is 9.69 Å². The Kier molecular flexibility index (Phi) is 6.35. The van der Waals surface area contributed by atoms with E-state index in [1.54, 1.807) is 0 Å². The van der Waals surface area contributed by atoms with E-state index in [2.05, 4.69) is 55.8 Å². The Morgan fingerprint density at radius 1 is 0.929 bits per heavy atom. The summed E-state index contributed by atoms with van der Waals surface area (Å²) in [6.07, 6.45) is 0. The number of hydrogen-bond donors (Lipinski definition) is 1. The second-order valence-electron chi connectivity index (χ2n) is 8.70. The molecule has 0 bridgehead atoms. The van der Waals surface area contributed by atoms with Gasteiger partial charge in [-0.2, -0.15) is 0 Å². The van der Waals surface area contributed by atoms with Crippen molar-refractivity contribution < 1.29 is 0 Å². The lowest BCUT2D eigenvalue weighted by molar-refractivity contribution is 0.211. The van der Waals surface area contributed by atoms with Crippen molar-refractivity contribution in [1.29, 1.82) is 0 Å². The molecular weight excluding hydrogens is 344 g/mol. The van der Waals surface area contributed by atoms with Crippen LogP contribution in [0, 0.1) is 18.8 Å². The SMILES string of the molecule is Cc1ccc2[nH]c(-c3ccccc3)c(CN(CC(C)C)CC(C)C)c(=O)c2c1. The van der Waals surface area contributed by atoms with Crippen LogP contribution in [0.2, 0.25) is 0 Å². The van der Waals surface area contributed by atoms with Crippen molar-refractivity contribution in [2.45, 2.75) is 41.2 Å². The van der Waals surface area contributed by atoms with Crippen molar-refractivity contribution in [2.24, 2.45) is 11.8 Å². The Hall–Kier alpha value is -2.39. The average molecular weight is 377 g/mol. The number of nitrogens with zero attached hydrogens (tertiary/aromatic N) is 1. The number of hydrogen-bond acceptors (Lipinski definition) is 2. The van der Waals surface area contributed by atoms with Gasteiger partial charge >= 0.3 is 0 Å². The largest absolute Gasteiger partial charge is 0.354 e. The van der Waals surface area contributed by atoms with E-state index in [-0.39, 0.29) is 5.43 Å². The number of aryl methyl sites for hydroxylation is 1. The second-order valence-corrected chi connectivity index (χ2v) is 8.70. The molecule has 0 atom stereocenters. The van der Waals surface area contributed by atoms with Gasteiger partial charge in [0.2, 0.25) is 0 Å². The van der Waals surface area contributed by atoms with Crippen molar-refractivity contribution in [1.82, 2.24) is 9.88 Å². The average Bonchev–Trinajstić information content (AvgIpc) is 2.64. The molecule has 28 heavy (non-hydrogen) atoms. The fourth-order valence-corrected chi connectivity index (χ4v) is 3.90. The molecule has 0 spiro atoms. The van der Waals surface area contributed by atoms with Crippen molar-refractivity contribution >= 4 is 10.9 Å². The first kappa shape index (κ1) is 20.3. The first-order valence-electron chi connectivity index (χ1n) is 10.3. The van der Waals surface area contributed by atoms with Crippen molar-refractivity contribution in [2.75, 3.05) is 13.1 Å². The van der Waals surface area contributed by atoms with Crippen LogP contribution in [0.25, 0.3) is 22.2 Å². The molecule has 0 saturated heterocycles. The Bertz CT molecular complexity index is 977. The third-order valence-corrected chi connectivity index (χ3v) is 4.95. The monoisotopic (exact) mass is 376 g/mol. The number of rotatable bonds is 7. The first-order chi connectivity index (χ1) is 13.3. The summed E-state index contributed by atoms with van der Waals surface area (Å²) in [5, 5.41) is 0.781. The van der Waals surface area contributed by atoms with E-state index < -0.39 is 0 Å². The smallest absolute Gasteiger partial charge is 0.194 e. The zero-order chi connectivity index (χ0) is 20.3. The number of aromatic amines is 1. The van der Waals surface area contributed by atoms with Crippen molar-refractivity contribution in [3.8, 4) is 11.3 Å². The van der Waals surface area contributed by atoms with Crippen LogP contribution < -0.4 is 5.43 Å². The fraction of sp³-hybridized carbons (Fsp3) is 0.400. The molecule has 0 aliphatic carbocycles. The lowest BCUT2D eigenvalue weighted by Crippen LogP contribution is -2.33. The van der Waals surface area contributed by atoms with E-state index in [0.717, 1.165) is 46.4 Å². The number of pyridine rings is 1. The third kappa shape index (κ3) is 4.71. The molecule has 3 aromatic rings. The predicted octanol–water partition coefficient (Wildman–Crippen LogP) is 5.62. The predicted molar refractivity (Wildman–Crippen MR) is 120 cm³/mol. The van der Waals surface area contributed by atoms with E-state index in [1.165, 1.54) is 0 Å². The highest BCUT2D eigenvalue weighted by Crippen LogP contribution is 2.24. The summed E-state index contributed by atoms with van der Waals surface area (Å²) >= 11 is 0. The molecule has 0 radical (unpaired) electrons. The molecule has 2 aromatic carbocycles. The molecule has 0 aliphatic heterocycles. The van der Waals surface area contributed by atoms with Crippen LogP contribution in [0.4, 0.5) is 0 Å². The molecule has 1 heterocycles. The maximum atomic E-state index is 13.5. The number of aromatic nitrogens is 1. The van der Waals surface area contributed by atoms with Gasteiger partial charge < -0.3 is 4.98 Å². The second kappa shape index (κ2) is 8.74. The van der Waals surface area contributed by atoms with E-state index >= 15 is 0 Å². The molecule has 0 unspecified atom stereocenters. The normalized spacial score (nSPS) is 11.9. The van der Waals surface area contributed by atoms with Crippen LogP contribution in [-0.2, 0) is 6.54 Å². The lowest BCUT2D eigenvalue weighted by atomic mass is 10.0. The Labute approximate surface area is 168 Å². The topological polar surface area (TPSA) is 36.1 Å². The van der Waals surface area contributed by atoms with Crippen LogP contribution in [0.15, 0.2) is 53.3 Å². The van der Waals surface area contributed by atoms with Crippen LogP contribution >= 0.6 is 0 Å². The maximum Gasteiger partial charge on any atom is 0.194 e.